The molecule has 3 heterocycles. The van der Waals surface area contributed by atoms with Gasteiger partial charge in [0, 0.05) is 39.7 Å². The molecular formula is C36H42ClN5O5. The molecule has 47 heavy (non-hydrogen) atoms. The predicted octanol–water partition coefficient (Wildman–Crippen LogP) is 7.56. The van der Waals surface area contributed by atoms with Crippen LogP contribution < -0.4 is 10.6 Å². The van der Waals surface area contributed by atoms with Gasteiger partial charge in [-0.2, -0.15) is 0 Å². The summed E-state index contributed by atoms with van der Waals surface area (Å²) in [5.74, 6) is -1.81. The molecule has 11 heteroatoms. The Kier molecular flexibility index (Phi) is 11.1. The summed E-state index contributed by atoms with van der Waals surface area (Å²) in [5, 5.41) is 16.6. The zero-order valence-electron chi connectivity index (χ0n) is 27.7. The van der Waals surface area contributed by atoms with Crippen LogP contribution in [-0.4, -0.2) is 47.5 Å². The Labute approximate surface area is 279 Å². The maximum Gasteiger partial charge on any atom is 0.336 e. The number of carbonyl (C=O) groups excluding carboxylic acids is 2. The maximum absolute atomic E-state index is 13.6. The standard InChI is InChI=1S/C34H36ClN5O5.C2H6/c1-19-28(33(41)43-3)30(24-11-9-13-26-32(24)40-45-39-26)29(20(2)37-19)34(42)44-17-8-4-7-16-36-31-22-10-5-6-12-25(22)38-27-18-21(35)14-15-23(27)31;1-2/h9,11,13-15,18,30,37H,4-8,10,12,16-17H2,1-3H3,(H,36,38);1-2H3. The predicted molar refractivity (Wildman–Crippen MR) is 183 cm³/mol. The van der Waals surface area contributed by atoms with Gasteiger partial charge in [0.05, 0.1) is 36.3 Å². The zero-order valence-corrected chi connectivity index (χ0v) is 28.4. The first-order chi connectivity index (χ1) is 22.9. The molecular weight excluding hydrogens is 618 g/mol. The van der Waals surface area contributed by atoms with Crippen molar-refractivity contribution in [2.75, 3.05) is 25.6 Å². The molecule has 0 saturated carbocycles. The van der Waals surface area contributed by atoms with Crippen molar-refractivity contribution in [1.82, 2.24) is 20.6 Å². The number of ether oxygens (including phenoxy) is 2. The first-order valence-electron chi connectivity index (χ1n) is 16.4. The number of aromatic nitrogens is 3. The molecule has 0 fully saturated rings. The van der Waals surface area contributed by atoms with Gasteiger partial charge in [0.15, 0.2) is 0 Å². The van der Waals surface area contributed by atoms with E-state index in [1.54, 1.807) is 26.0 Å². The van der Waals surface area contributed by atoms with Crippen molar-refractivity contribution < 1.29 is 23.7 Å². The molecule has 4 aromatic rings. The zero-order chi connectivity index (χ0) is 33.5. The van der Waals surface area contributed by atoms with Crippen LogP contribution in [0.15, 0.2) is 63.6 Å². The second kappa shape index (κ2) is 15.4. The first kappa shape index (κ1) is 33.9. The number of benzene rings is 2. The molecule has 0 saturated heterocycles. The van der Waals surface area contributed by atoms with Crippen molar-refractivity contribution in [2.24, 2.45) is 0 Å². The maximum atomic E-state index is 13.6. The Balaban J connectivity index is 0.00000213. The van der Waals surface area contributed by atoms with Crippen molar-refractivity contribution >= 4 is 51.2 Å². The highest BCUT2D eigenvalue weighted by Gasteiger charge is 2.39. The number of aryl methyl sites for hydroxylation is 1. The second-order valence-corrected chi connectivity index (χ2v) is 11.9. The SMILES string of the molecule is CC.COC(=O)C1=C(C)NC(C)=C(C(=O)OCCCCCNc2c3c(nc4cc(Cl)ccc24)CCCC3)C1c1cccc2nonc12. The number of halogens is 1. The number of esters is 2. The van der Waals surface area contributed by atoms with Crippen molar-refractivity contribution in [3.05, 3.63) is 80.8 Å². The highest BCUT2D eigenvalue weighted by atomic mass is 35.5. The Morgan fingerprint density at radius 2 is 1.74 bits per heavy atom. The van der Waals surface area contributed by atoms with Gasteiger partial charge in [-0.05, 0) is 104 Å². The summed E-state index contributed by atoms with van der Waals surface area (Å²) in [6.07, 6.45) is 6.82. The monoisotopic (exact) mass is 659 g/mol. The molecule has 0 amide bonds. The molecule has 2 aliphatic rings. The van der Waals surface area contributed by atoms with Crippen molar-refractivity contribution in [3.63, 3.8) is 0 Å². The van der Waals surface area contributed by atoms with Crippen LogP contribution in [0.2, 0.25) is 5.02 Å². The average molecular weight is 660 g/mol. The number of dihydropyridines is 1. The minimum Gasteiger partial charge on any atom is -0.466 e. The van der Waals surface area contributed by atoms with Crippen LogP contribution in [0.1, 0.15) is 82.5 Å². The number of pyridine rings is 1. The minimum atomic E-state index is -0.762. The van der Waals surface area contributed by atoms with E-state index < -0.39 is 17.9 Å². The van der Waals surface area contributed by atoms with Gasteiger partial charge in [0.2, 0.25) is 0 Å². The molecule has 10 nitrogen and oxygen atoms in total. The highest BCUT2D eigenvalue weighted by molar-refractivity contribution is 6.31. The van der Waals surface area contributed by atoms with Gasteiger partial charge in [0.25, 0.3) is 0 Å². The Hall–Kier alpha value is -4.44. The topological polar surface area (TPSA) is 128 Å². The fourth-order valence-corrected chi connectivity index (χ4v) is 6.64. The summed E-state index contributed by atoms with van der Waals surface area (Å²) in [6, 6.07) is 11.3. The summed E-state index contributed by atoms with van der Waals surface area (Å²) in [7, 11) is 1.32. The number of carbonyl (C=O) groups is 2. The average Bonchev–Trinajstić information content (AvgIpc) is 3.57. The molecule has 2 N–H and O–H groups in total. The van der Waals surface area contributed by atoms with Crippen LogP contribution >= 0.6 is 11.6 Å². The lowest BCUT2D eigenvalue weighted by Crippen LogP contribution is -2.32. The van der Waals surface area contributed by atoms with Crippen LogP contribution in [0, 0.1) is 0 Å². The van der Waals surface area contributed by atoms with E-state index in [1.165, 1.54) is 24.8 Å². The molecule has 248 valence electrons. The summed E-state index contributed by atoms with van der Waals surface area (Å²) in [5.41, 5.74) is 8.01. The third kappa shape index (κ3) is 7.12. The molecule has 0 spiro atoms. The molecule has 1 unspecified atom stereocenters. The molecule has 6 rings (SSSR count). The van der Waals surface area contributed by atoms with E-state index >= 15 is 0 Å². The fourth-order valence-electron chi connectivity index (χ4n) is 6.48. The van der Waals surface area contributed by atoms with E-state index in [1.807, 2.05) is 38.1 Å². The van der Waals surface area contributed by atoms with Gasteiger partial charge in [-0.3, -0.25) is 4.98 Å². The fraction of sp³-hybridized carbons (Fsp3) is 0.417. The third-order valence-electron chi connectivity index (χ3n) is 8.59. The van der Waals surface area contributed by atoms with E-state index in [0.29, 0.717) is 50.6 Å². The highest BCUT2D eigenvalue weighted by Crippen LogP contribution is 2.41. The van der Waals surface area contributed by atoms with E-state index in [-0.39, 0.29) is 6.61 Å². The van der Waals surface area contributed by atoms with E-state index in [9.17, 15) is 9.59 Å². The number of anilines is 1. The molecule has 1 aliphatic carbocycles. The summed E-state index contributed by atoms with van der Waals surface area (Å²) in [6.45, 7) is 8.62. The van der Waals surface area contributed by atoms with Crippen LogP contribution in [0.4, 0.5) is 5.69 Å². The second-order valence-electron chi connectivity index (χ2n) is 11.5. The number of unbranched alkanes of at least 4 members (excludes halogenated alkanes) is 2. The largest absolute Gasteiger partial charge is 0.466 e. The number of nitrogens with zero attached hydrogens (tertiary/aromatic N) is 3. The summed E-state index contributed by atoms with van der Waals surface area (Å²) >= 11 is 6.27. The Bertz CT molecular complexity index is 1850. The number of nitrogens with one attached hydrogen (secondary N) is 2. The van der Waals surface area contributed by atoms with Gasteiger partial charge in [0.1, 0.15) is 11.0 Å². The van der Waals surface area contributed by atoms with E-state index in [0.717, 1.165) is 55.2 Å². The van der Waals surface area contributed by atoms with Crippen LogP contribution in [0.5, 0.6) is 0 Å². The number of allylic oxidation sites excluding steroid dienone is 2. The summed E-state index contributed by atoms with van der Waals surface area (Å²) < 4.78 is 15.9. The third-order valence-corrected chi connectivity index (χ3v) is 8.83. The van der Waals surface area contributed by atoms with Gasteiger partial charge in [-0.15, -0.1) is 0 Å². The smallest absolute Gasteiger partial charge is 0.336 e. The van der Waals surface area contributed by atoms with E-state index in [2.05, 4.69) is 20.9 Å². The normalized spacial score (nSPS) is 15.9. The minimum absolute atomic E-state index is 0.250. The number of hydrogen-bond acceptors (Lipinski definition) is 10. The molecule has 1 atom stereocenters. The lowest BCUT2D eigenvalue weighted by atomic mass is 9.80. The molecule has 2 aromatic heterocycles. The van der Waals surface area contributed by atoms with Crippen LogP contribution in [0.25, 0.3) is 21.9 Å². The first-order valence-corrected chi connectivity index (χ1v) is 16.7. The van der Waals surface area contributed by atoms with E-state index in [4.69, 9.17) is 30.7 Å². The number of rotatable bonds is 10. The van der Waals surface area contributed by atoms with Crippen molar-refractivity contribution in [1.29, 1.82) is 0 Å². The van der Waals surface area contributed by atoms with Crippen LogP contribution in [-0.2, 0) is 31.9 Å². The lowest BCUT2D eigenvalue weighted by Gasteiger charge is -2.30. The van der Waals surface area contributed by atoms with Crippen molar-refractivity contribution in [2.45, 2.75) is 78.6 Å². The quantitative estimate of drug-likeness (QED) is 0.130. The Morgan fingerprint density at radius 1 is 0.979 bits per heavy atom. The lowest BCUT2D eigenvalue weighted by molar-refractivity contribution is -0.139. The van der Waals surface area contributed by atoms with Crippen LogP contribution in [0.3, 0.4) is 0 Å². The number of methoxy groups -OCH3 is 1. The summed E-state index contributed by atoms with van der Waals surface area (Å²) in [4.78, 5) is 31.5. The van der Waals surface area contributed by atoms with Crippen molar-refractivity contribution in [3.8, 4) is 0 Å². The molecule has 2 aromatic carbocycles. The molecule has 0 radical (unpaired) electrons. The van der Waals surface area contributed by atoms with Gasteiger partial charge in [-0.25, -0.2) is 14.2 Å². The number of hydrogen-bond donors (Lipinski definition) is 2. The number of fused-ring (bicyclic) bond motifs is 3. The molecule has 1 aliphatic heterocycles. The molecule has 0 bridgehead atoms. The van der Waals surface area contributed by atoms with Gasteiger partial charge in [-0.1, -0.05) is 37.6 Å². The Morgan fingerprint density at radius 3 is 2.53 bits per heavy atom. The van der Waals surface area contributed by atoms with Gasteiger partial charge >= 0.3 is 11.9 Å². The van der Waals surface area contributed by atoms with Gasteiger partial charge < -0.3 is 20.1 Å².